The molecule has 1 rings (SSSR count). The van der Waals surface area contributed by atoms with Gasteiger partial charge in [0.25, 0.3) is 0 Å². The summed E-state index contributed by atoms with van der Waals surface area (Å²) in [5.74, 6) is -2.00. The van der Waals surface area contributed by atoms with Gasteiger partial charge in [0.05, 0.1) is 4.90 Å². The zero-order chi connectivity index (χ0) is 12.3. The summed E-state index contributed by atoms with van der Waals surface area (Å²) >= 11 is 0. The maximum Gasteiger partial charge on any atom is 0.311 e. The van der Waals surface area contributed by atoms with Crippen molar-refractivity contribution in [2.45, 2.75) is 11.3 Å². The minimum absolute atomic E-state index is 0.0765. The van der Waals surface area contributed by atoms with E-state index in [0.717, 1.165) is 6.26 Å². The summed E-state index contributed by atoms with van der Waals surface area (Å²) in [4.78, 5) is 21.7. The Hall–Kier alpha value is -1.69. The smallest absolute Gasteiger partial charge is 0.311 e. The molecule has 0 radical (unpaired) electrons. The van der Waals surface area contributed by atoms with Gasteiger partial charge in [0.15, 0.2) is 15.6 Å². The maximum absolute atomic E-state index is 11.5. The van der Waals surface area contributed by atoms with Gasteiger partial charge in [0, 0.05) is 11.8 Å². The monoisotopic (exact) mass is 242 g/mol. The Morgan fingerprint density at radius 1 is 1.25 bits per heavy atom. The standard InChI is InChI=1S/C10H10O5S/c1-16(14,15)9-5-3-2-4-7(9)8(11)6-10(12)13/h2-5H,6H2,1H3,(H,12,13). The molecule has 0 fully saturated rings. The molecule has 86 valence electrons. The van der Waals surface area contributed by atoms with Gasteiger partial charge in [-0.15, -0.1) is 0 Å². The van der Waals surface area contributed by atoms with E-state index in [1.165, 1.54) is 24.3 Å². The van der Waals surface area contributed by atoms with E-state index in [9.17, 15) is 18.0 Å². The molecule has 0 amide bonds. The summed E-state index contributed by atoms with van der Waals surface area (Å²) in [6, 6.07) is 5.56. The minimum Gasteiger partial charge on any atom is -0.481 e. The molecule has 0 bridgehead atoms. The Kier molecular flexibility index (Phi) is 3.44. The second kappa shape index (κ2) is 4.44. The fraction of sp³-hybridized carbons (Fsp3) is 0.200. The fourth-order valence-corrected chi connectivity index (χ4v) is 2.16. The number of carboxylic acid groups (broad SMARTS) is 1. The van der Waals surface area contributed by atoms with Crippen molar-refractivity contribution >= 4 is 21.6 Å². The van der Waals surface area contributed by atoms with E-state index in [0.29, 0.717) is 0 Å². The lowest BCUT2D eigenvalue weighted by Gasteiger charge is -2.04. The number of carbonyl (C=O) groups is 2. The van der Waals surface area contributed by atoms with Crippen LogP contribution in [0.5, 0.6) is 0 Å². The van der Waals surface area contributed by atoms with Crippen molar-refractivity contribution in [3.05, 3.63) is 29.8 Å². The van der Waals surface area contributed by atoms with Crippen LogP contribution in [0.25, 0.3) is 0 Å². The van der Waals surface area contributed by atoms with Crippen LogP contribution >= 0.6 is 0 Å². The molecule has 0 aliphatic rings. The first-order chi connectivity index (χ1) is 7.32. The van der Waals surface area contributed by atoms with Crippen LogP contribution in [0.4, 0.5) is 0 Å². The first-order valence-corrected chi connectivity index (χ1v) is 6.25. The Bertz CT molecular complexity index is 530. The quantitative estimate of drug-likeness (QED) is 0.621. The molecule has 1 N–H and O–H groups in total. The van der Waals surface area contributed by atoms with Crippen LogP contribution in [-0.2, 0) is 14.6 Å². The van der Waals surface area contributed by atoms with E-state index in [4.69, 9.17) is 5.11 Å². The van der Waals surface area contributed by atoms with Gasteiger partial charge < -0.3 is 5.11 Å². The predicted octanol–water partition coefficient (Wildman–Crippen LogP) is 0.748. The summed E-state index contributed by atoms with van der Waals surface area (Å²) < 4.78 is 22.7. The molecular weight excluding hydrogens is 232 g/mol. The lowest BCUT2D eigenvalue weighted by atomic mass is 10.1. The van der Waals surface area contributed by atoms with Gasteiger partial charge in [-0.2, -0.15) is 0 Å². The minimum atomic E-state index is -3.53. The highest BCUT2D eigenvalue weighted by Crippen LogP contribution is 2.16. The molecule has 0 saturated heterocycles. The van der Waals surface area contributed by atoms with Crippen LogP contribution < -0.4 is 0 Å². The van der Waals surface area contributed by atoms with Crippen LogP contribution in [0.2, 0.25) is 0 Å². The van der Waals surface area contributed by atoms with Gasteiger partial charge in [-0.05, 0) is 6.07 Å². The highest BCUT2D eigenvalue weighted by atomic mass is 32.2. The molecule has 0 heterocycles. The first-order valence-electron chi connectivity index (χ1n) is 4.36. The Morgan fingerprint density at radius 2 is 1.81 bits per heavy atom. The molecule has 0 aliphatic heterocycles. The van der Waals surface area contributed by atoms with Crippen molar-refractivity contribution in [1.82, 2.24) is 0 Å². The second-order valence-electron chi connectivity index (χ2n) is 3.26. The molecule has 0 atom stereocenters. The zero-order valence-corrected chi connectivity index (χ0v) is 9.32. The lowest BCUT2D eigenvalue weighted by molar-refractivity contribution is -0.135. The lowest BCUT2D eigenvalue weighted by Crippen LogP contribution is -2.11. The summed E-state index contributed by atoms with van der Waals surface area (Å²) in [6.45, 7) is 0. The third-order valence-electron chi connectivity index (χ3n) is 1.90. The van der Waals surface area contributed by atoms with Crippen LogP contribution in [0.1, 0.15) is 16.8 Å². The summed E-state index contributed by atoms with van der Waals surface area (Å²) in [5.41, 5.74) is -0.0765. The summed E-state index contributed by atoms with van der Waals surface area (Å²) in [6.07, 6.45) is 0.256. The van der Waals surface area contributed by atoms with Crippen molar-refractivity contribution in [1.29, 1.82) is 0 Å². The number of hydrogen-bond donors (Lipinski definition) is 1. The van der Waals surface area contributed by atoms with E-state index in [2.05, 4.69) is 0 Å². The van der Waals surface area contributed by atoms with Crippen LogP contribution in [0.3, 0.4) is 0 Å². The molecule has 1 aromatic rings. The predicted molar refractivity (Wildman–Crippen MR) is 56.1 cm³/mol. The number of benzene rings is 1. The molecule has 0 unspecified atom stereocenters. The second-order valence-corrected chi connectivity index (χ2v) is 5.25. The Morgan fingerprint density at radius 3 is 2.31 bits per heavy atom. The van der Waals surface area contributed by atoms with Crippen molar-refractivity contribution in [3.8, 4) is 0 Å². The van der Waals surface area contributed by atoms with Gasteiger partial charge >= 0.3 is 5.97 Å². The van der Waals surface area contributed by atoms with Gasteiger partial charge in [0.1, 0.15) is 6.42 Å². The van der Waals surface area contributed by atoms with Crippen molar-refractivity contribution in [2.24, 2.45) is 0 Å². The fourth-order valence-electron chi connectivity index (χ4n) is 1.25. The van der Waals surface area contributed by atoms with Gasteiger partial charge in [-0.1, -0.05) is 18.2 Å². The first kappa shape index (κ1) is 12.4. The Labute approximate surface area is 92.6 Å². The number of carbonyl (C=O) groups excluding carboxylic acids is 1. The third-order valence-corrected chi connectivity index (χ3v) is 3.05. The van der Waals surface area contributed by atoms with E-state index in [-0.39, 0.29) is 10.5 Å². The molecule has 1 aromatic carbocycles. The maximum atomic E-state index is 11.5. The van der Waals surface area contributed by atoms with Crippen molar-refractivity contribution in [3.63, 3.8) is 0 Å². The van der Waals surface area contributed by atoms with Crippen molar-refractivity contribution in [2.75, 3.05) is 6.26 Å². The van der Waals surface area contributed by atoms with E-state index >= 15 is 0 Å². The van der Waals surface area contributed by atoms with E-state index in [1.54, 1.807) is 0 Å². The molecule has 16 heavy (non-hydrogen) atoms. The largest absolute Gasteiger partial charge is 0.481 e. The number of hydrogen-bond acceptors (Lipinski definition) is 4. The SMILES string of the molecule is CS(=O)(=O)c1ccccc1C(=O)CC(=O)O. The van der Waals surface area contributed by atoms with E-state index < -0.39 is 28.0 Å². The van der Waals surface area contributed by atoms with Crippen LogP contribution in [0.15, 0.2) is 29.2 Å². The molecule has 0 aliphatic carbocycles. The highest BCUT2D eigenvalue weighted by Gasteiger charge is 2.19. The zero-order valence-electron chi connectivity index (χ0n) is 8.50. The molecule has 5 nitrogen and oxygen atoms in total. The Balaban J connectivity index is 3.24. The number of carboxylic acids is 1. The molecule has 0 spiro atoms. The number of sulfone groups is 1. The van der Waals surface area contributed by atoms with Crippen LogP contribution in [-0.4, -0.2) is 31.5 Å². The molecular formula is C10H10O5S. The number of rotatable bonds is 4. The number of aliphatic carboxylic acids is 1. The van der Waals surface area contributed by atoms with Crippen LogP contribution in [0, 0.1) is 0 Å². The summed E-state index contributed by atoms with van der Waals surface area (Å²) in [5, 5.41) is 8.47. The van der Waals surface area contributed by atoms with Crippen molar-refractivity contribution < 1.29 is 23.1 Å². The third kappa shape index (κ3) is 2.90. The topological polar surface area (TPSA) is 88.5 Å². The highest BCUT2D eigenvalue weighted by molar-refractivity contribution is 7.90. The molecule has 0 saturated carbocycles. The normalized spacial score (nSPS) is 11.1. The average molecular weight is 242 g/mol. The van der Waals surface area contributed by atoms with Gasteiger partial charge in [0.2, 0.25) is 0 Å². The molecule has 0 aromatic heterocycles. The van der Waals surface area contributed by atoms with E-state index in [1.807, 2.05) is 0 Å². The average Bonchev–Trinajstić information content (AvgIpc) is 2.15. The number of Topliss-reactive ketones (excluding diaryl/α,β-unsaturated/α-hetero) is 1. The number of ketones is 1. The van der Waals surface area contributed by atoms with Gasteiger partial charge in [-0.25, -0.2) is 8.42 Å². The van der Waals surface area contributed by atoms with Gasteiger partial charge in [-0.3, -0.25) is 9.59 Å². The molecule has 6 heteroatoms. The summed E-state index contributed by atoms with van der Waals surface area (Å²) in [7, 11) is -3.53.